The van der Waals surface area contributed by atoms with E-state index in [0.29, 0.717) is 16.7 Å². The number of rotatable bonds is 3. The Morgan fingerprint density at radius 2 is 2.05 bits per heavy atom. The van der Waals surface area contributed by atoms with E-state index in [2.05, 4.69) is 0 Å². The Labute approximate surface area is 110 Å². The average molecular weight is 261 g/mol. The minimum Gasteiger partial charge on any atom is -0.497 e. The van der Waals surface area contributed by atoms with Gasteiger partial charge in [-0.25, -0.2) is 4.79 Å². The molecule has 100 valence electrons. The normalized spacial score (nSPS) is 10.9. The average Bonchev–Trinajstić information content (AvgIpc) is 2.37. The van der Waals surface area contributed by atoms with E-state index in [1.54, 1.807) is 29.9 Å². The Morgan fingerprint density at radius 3 is 2.58 bits per heavy atom. The Kier molecular flexibility index (Phi) is 3.29. The summed E-state index contributed by atoms with van der Waals surface area (Å²) < 4.78 is 6.91. The highest BCUT2D eigenvalue weighted by Crippen LogP contribution is 2.22. The summed E-state index contributed by atoms with van der Waals surface area (Å²) in [5, 5.41) is 9.48. The lowest BCUT2D eigenvalue weighted by Gasteiger charge is -2.16. The van der Waals surface area contributed by atoms with Crippen LogP contribution in [0, 0.1) is 0 Å². The fourth-order valence-electron chi connectivity index (χ4n) is 2.04. The summed E-state index contributed by atoms with van der Waals surface area (Å²) in [7, 11) is 1.55. The van der Waals surface area contributed by atoms with Crippen molar-refractivity contribution in [2.45, 2.75) is 19.9 Å². The van der Waals surface area contributed by atoms with Crippen LogP contribution in [0.1, 0.15) is 30.2 Å². The first-order chi connectivity index (χ1) is 8.95. The molecule has 5 heteroatoms. The lowest BCUT2D eigenvalue weighted by Crippen LogP contribution is -2.19. The van der Waals surface area contributed by atoms with Gasteiger partial charge in [0, 0.05) is 23.7 Å². The molecule has 1 aromatic carbocycles. The Balaban J connectivity index is 2.92. The Hall–Kier alpha value is -2.30. The Bertz CT molecular complexity index is 700. The molecule has 0 atom stereocenters. The maximum atomic E-state index is 12.1. The SMILES string of the molecule is COc1ccc2c(=O)c(C(=O)O)cn(C(C)C)c2c1. The Morgan fingerprint density at radius 1 is 1.37 bits per heavy atom. The molecular formula is C14H15NO4. The molecule has 1 N–H and O–H groups in total. The molecule has 1 heterocycles. The van der Waals surface area contributed by atoms with E-state index in [-0.39, 0.29) is 11.6 Å². The van der Waals surface area contributed by atoms with Crippen LogP contribution in [0.15, 0.2) is 29.2 Å². The first-order valence-corrected chi connectivity index (χ1v) is 5.92. The number of aromatic carboxylic acids is 1. The maximum absolute atomic E-state index is 12.1. The molecule has 0 saturated heterocycles. The van der Waals surface area contributed by atoms with E-state index in [9.17, 15) is 9.59 Å². The van der Waals surface area contributed by atoms with Crippen molar-refractivity contribution in [3.8, 4) is 5.75 Å². The molecule has 0 saturated carbocycles. The van der Waals surface area contributed by atoms with Crippen molar-refractivity contribution in [1.82, 2.24) is 4.57 Å². The van der Waals surface area contributed by atoms with Gasteiger partial charge in [-0.2, -0.15) is 0 Å². The molecule has 19 heavy (non-hydrogen) atoms. The summed E-state index contributed by atoms with van der Waals surface area (Å²) in [6.07, 6.45) is 1.39. The van der Waals surface area contributed by atoms with Crippen molar-refractivity contribution < 1.29 is 14.6 Å². The molecule has 2 rings (SSSR count). The van der Waals surface area contributed by atoms with Crippen molar-refractivity contribution in [3.63, 3.8) is 0 Å². The number of carboxylic acid groups (broad SMARTS) is 1. The molecule has 0 fully saturated rings. The zero-order chi connectivity index (χ0) is 14.2. The first kappa shape index (κ1) is 13.1. The van der Waals surface area contributed by atoms with E-state index < -0.39 is 11.4 Å². The van der Waals surface area contributed by atoms with Gasteiger partial charge in [-0.1, -0.05) is 0 Å². The number of aromatic nitrogens is 1. The highest BCUT2D eigenvalue weighted by atomic mass is 16.5. The van der Waals surface area contributed by atoms with E-state index in [1.807, 2.05) is 13.8 Å². The van der Waals surface area contributed by atoms with Gasteiger partial charge in [0.05, 0.1) is 12.6 Å². The smallest absolute Gasteiger partial charge is 0.341 e. The van der Waals surface area contributed by atoms with Crippen molar-refractivity contribution >= 4 is 16.9 Å². The summed E-state index contributed by atoms with van der Waals surface area (Å²) in [5.41, 5.74) is -0.0160. The molecule has 0 radical (unpaired) electrons. The van der Waals surface area contributed by atoms with Crippen molar-refractivity contribution in [2.75, 3.05) is 7.11 Å². The van der Waals surface area contributed by atoms with Crippen LogP contribution in [-0.4, -0.2) is 22.8 Å². The summed E-state index contributed by atoms with van der Waals surface area (Å²) in [6, 6.07) is 5.03. The van der Waals surface area contributed by atoms with Gasteiger partial charge < -0.3 is 14.4 Å². The van der Waals surface area contributed by atoms with Gasteiger partial charge in [0.2, 0.25) is 5.43 Å². The van der Waals surface area contributed by atoms with Gasteiger partial charge in [0.15, 0.2) is 0 Å². The molecule has 2 aromatic rings. The van der Waals surface area contributed by atoms with Crippen LogP contribution < -0.4 is 10.2 Å². The zero-order valence-corrected chi connectivity index (χ0v) is 11.0. The van der Waals surface area contributed by atoms with Crippen LogP contribution in [-0.2, 0) is 0 Å². The van der Waals surface area contributed by atoms with E-state index in [0.717, 1.165) is 0 Å². The maximum Gasteiger partial charge on any atom is 0.341 e. The third-order valence-electron chi connectivity index (χ3n) is 3.03. The second-order valence-corrected chi connectivity index (χ2v) is 4.56. The molecule has 1 aromatic heterocycles. The number of pyridine rings is 1. The van der Waals surface area contributed by atoms with Gasteiger partial charge in [-0.3, -0.25) is 4.79 Å². The predicted octanol–water partition coefficient (Wildman–Crippen LogP) is 2.29. The third kappa shape index (κ3) is 2.19. The van der Waals surface area contributed by atoms with Gasteiger partial charge in [-0.15, -0.1) is 0 Å². The lowest BCUT2D eigenvalue weighted by atomic mass is 10.1. The zero-order valence-electron chi connectivity index (χ0n) is 11.0. The fourth-order valence-corrected chi connectivity index (χ4v) is 2.04. The summed E-state index contributed by atoms with van der Waals surface area (Å²) in [6.45, 7) is 3.85. The van der Waals surface area contributed by atoms with E-state index in [1.165, 1.54) is 6.20 Å². The van der Waals surface area contributed by atoms with Crippen molar-refractivity contribution in [1.29, 1.82) is 0 Å². The summed E-state index contributed by atoms with van der Waals surface area (Å²) in [4.78, 5) is 23.2. The number of carboxylic acids is 1. The number of methoxy groups -OCH3 is 1. The number of fused-ring (bicyclic) bond motifs is 1. The van der Waals surface area contributed by atoms with E-state index >= 15 is 0 Å². The number of benzene rings is 1. The van der Waals surface area contributed by atoms with Crippen LogP contribution in [0.25, 0.3) is 10.9 Å². The number of hydrogen-bond donors (Lipinski definition) is 1. The lowest BCUT2D eigenvalue weighted by molar-refractivity contribution is 0.0695. The fraction of sp³-hybridized carbons (Fsp3) is 0.286. The monoisotopic (exact) mass is 261 g/mol. The highest BCUT2D eigenvalue weighted by Gasteiger charge is 2.16. The quantitative estimate of drug-likeness (QED) is 0.920. The van der Waals surface area contributed by atoms with Crippen LogP contribution in [0.2, 0.25) is 0 Å². The number of nitrogens with zero attached hydrogens (tertiary/aromatic N) is 1. The molecular weight excluding hydrogens is 246 g/mol. The summed E-state index contributed by atoms with van der Waals surface area (Å²) in [5.74, 6) is -0.582. The predicted molar refractivity (Wildman–Crippen MR) is 72.1 cm³/mol. The van der Waals surface area contributed by atoms with Crippen molar-refractivity contribution in [3.05, 3.63) is 40.2 Å². The number of carbonyl (C=O) groups is 1. The minimum absolute atomic E-state index is 0.0355. The molecule has 5 nitrogen and oxygen atoms in total. The molecule has 0 bridgehead atoms. The van der Waals surface area contributed by atoms with Crippen LogP contribution in [0.3, 0.4) is 0 Å². The number of ether oxygens (including phenoxy) is 1. The minimum atomic E-state index is -1.21. The van der Waals surface area contributed by atoms with Crippen LogP contribution in [0.5, 0.6) is 5.75 Å². The van der Waals surface area contributed by atoms with Crippen molar-refractivity contribution in [2.24, 2.45) is 0 Å². The van der Waals surface area contributed by atoms with Gasteiger partial charge in [0.1, 0.15) is 11.3 Å². The second-order valence-electron chi connectivity index (χ2n) is 4.56. The molecule has 0 aliphatic carbocycles. The van der Waals surface area contributed by atoms with E-state index in [4.69, 9.17) is 9.84 Å². The molecule has 0 amide bonds. The molecule has 0 spiro atoms. The molecule has 0 aliphatic heterocycles. The first-order valence-electron chi connectivity index (χ1n) is 5.92. The van der Waals surface area contributed by atoms with Crippen LogP contribution >= 0.6 is 0 Å². The topological polar surface area (TPSA) is 68.5 Å². The van der Waals surface area contributed by atoms with Crippen LogP contribution in [0.4, 0.5) is 0 Å². The van der Waals surface area contributed by atoms with Gasteiger partial charge >= 0.3 is 5.97 Å². The van der Waals surface area contributed by atoms with Gasteiger partial charge in [0.25, 0.3) is 0 Å². The van der Waals surface area contributed by atoms with Gasteiger partial charge in [-0.05, 0) is 26.0 Å². The molecule has 0 unspecified atom stereocenters. The summed E-state index contributed by atoms with van der Waals surface area (Å²) >= 11 is 0. The largest absolute Gasteiger partial charge is 0.497 e. The second kappa shape index (κ2) is 4.76. The highest BCUT2D eigenvalue weighted by molar-refractivity contribution is 5.92. The number of hydrogen-bond acceptors (Lipinski definition) is 3. The third-order valence-corrected chi connectivity index (χ3v) is 3.03. The molecule has 0 aliphatic rings. The standard InChI is InChI=1S/C14H15NO4/c1-8(2)15-7-11(14(17)18)13(16)10-5-4-9(19-3)6-12(10)15/h4-8H,1-3H3,(H,17,18).